The highest BCUT2D eigenvalue weighted by Crippen LogP contribution is 2.50. The second kappa shape index (κ2) is 4.87. The van der Waals surface area contributed by atoms with Crippen LogP contribution in [-0.4, -0.2) is 18.3 Å². The van der Waals surface area contributed by atoms with Gasteiger partial charge in [0.1, 0.15) is 0 Å². The van der Waals surface area contributed by atoms with Crippen molar-refractivity contribution in [1.82, 2.24) is 0 Å². The summed E-state index contributed by atoms with van der Waals surface area (Å²) in [5.74, 6) is 0.203. The van der Waals surface area contributed by atoms with Crippen LogP contribution in [0.3, 0.4) is 0 Å². The molecule has 1 aromatic carbocycles. The molecule has 3 nitrogen and oxygen atoms in total. The van der Waals surface area contributed by atoms with Gasteiger partial charge in [0.25, 0.3) is 0 Å². The van der Waals surface area contributed by atoms with Crippen LogP contribution in [0.25, 0.3) is 0 Å². The van der Waals surface area contributed by atoms with E-state index in [2.05, 4.69) is 6.07 Å². The molecule has 1 atom stereocenters. The third-order valence-corrected chi connectivity index (χ3v) is 4.08. The molecule has 1 aromatic rings. The van der Waals surface area contributed by atoms with Crippen molar-refractivity contribution in [2.45, 2.75) is 25.2 Å². The van der Waals surface area contributed by atoms with Crippen LogP contribution in [-0.2, 0) is 0 Å². The van der Waals surface area contributed by atoms with Crippen molar-refractivity contribution < 1.29 is 5.11 Å². The molecule has 1 aliphatic rings. The van der Waals surface area contributed by atoms with Gasteiger partial charge in [0.15, 0.2) is 0 Å². The fourth-order valence-electron chi connectivity index (χ4n) is 2.78. The zero-order valence-electron chi connectivity index (χ0n) is 9.89. The first-order valence-corrected chi connectivity index (χ1v) is 6.07. The molecule has 0 saturated heterocycles. The molecule has 0 heterocycles. The zero-order chi connectivity index (χ0) is 12.3. The van der Waals surface area contributed by atoms with E-state index in [4.69, 9.17) is 11.0 Å². The molecule has 3 heteroatoms. The maximum Gasteiger partial charge on any atom is 0.0991 e. The lowest BCUT2D eigenvalue weighted by Crippen LogP contribution is -2.42. The number of aliphatic hydroxyl groups is 1. The van der Waals surface area contributed by atoms with E-state index in [0.29, 0.717) is 12.1 Å². The van der Waals surface area contributed by atoms with E-state index in [9.17, 15) is 5.11 Å². The average molecular weight is 230 g/mol. The lowest BCUT2D eigenvalue weighted by atomic mass is 9.60. The second-order valence-electron chi connectivity index (χ2n) is 4.90. The first-order chi connectivity index (χ1) is 8.25. The van der Waals surface area contributed by atoms with Gasteiger partial charge in [0.2, 0.25) is 0 Å². The molecule has 0 aromatic heterocycles. The highest BCUT2D eigenvalue weighted by atomic mass is 16.3. The standard InChI is InChI=1S/C14H18N2O/c15-8-11-2-4-12(5-3-11)13(9-16)14(10-17)6-1-7-14/h2-5,13,17H,1,6-7,9-10,16H2. The summed E-state index contributed by atoms with van der Waals surface area (Å²) < 4.78 is 0. The van der Waals surface area contributed by atoms with Crippen molar-refractivity contribution in [2.24, 2.45) is 11.1 Å². The van der Waals surface area contributed by atoms with E-state index in [1.807, 2.05) is 24.3 Å². The summed E-state index contributed by atoms with van der Waals surface area (Å²) in [6.07, 6.45) is 3.27. The van der Waals surface area contributed by atoms with Gasteiger partial charge < -0.3 is 10.8 Å². The molecule has 90 valence electrons. The summed E-state index contributed by atoms with van der Waals surface area (Å²) in [6, 6.07) is 9.68. The molecule has 1 fully saturated rings. The van der Waals surface area contributed by atoms with E-state index in [1.54, 1.807) is 0 Å². The Bertz CT molecular complexity index is 409. The minimum absolute atomic E-state index is 0.0249. The van der Waals surface area contributed by atoms with Crippen LogP contribution in [0.1, 0.15) is 36.3 Å². The Kier molecular flexibility index (Phi) is 3.46. The Labute approximate surface area is 102 Å². The van der Waals surface area contributed by atoms with E-state index in [-0.39, 0.29) is 17.9 Å². The molecular weight excluding hydrogens is 212 g/mol. The van der Waals surface area contributed by atoms with E-state index in [1.165, 1.54) is 6.42 Å². The molecule has 0 amide bonds. The largest absolute Gasteiger partial charge is 0.396 e. The van der Waals surface area contributed by atoms with Crippen LogP contribution in [0, 0.1) is 16.7 Å². The first-order valence-electron chi connectivity index (χ1n) is 6.07. The van der Waals surface area contributed by atoms with Gasteiger partial charge in [0.05, 0.1) is 11.6 Å². The highest BCUT2D eigenvalue weighted by molar-refractivity contribution is 5.34. The summed E-state index contributed by atoms with van der Waals surface area (Å²) >= 11 is 0. The molecule has 3 N–H and O–H groups in total. The third-order valence-electron chi connectivity index (χ3n) is 4.08. The summed E-state index contributed by atoms with van der Waals surface area (Å²) in [5, 5.41) is 18.4. The predicted octanol–water partition coefficient (Wildman–Crippen LogP) is 1.76. The number of nitrogens with two attached hydrogens (primary N) is 1. The maximum absolute atomic E-state index is 9.59. The second-order valence-corrected chi connectivity index (χ2v) is 4.90. The van der Waals surface area contributed by atoms with Crippen molar-refractivity contribution in [3.63, 3.8) is 0 Å². The molecule has 1 unspecified atom stereocenters. The SMILES string of the molecule is N#Cc1ccc(C(CN)C2(CO)CCC2)cc1. The molecule has 0 spiro atoms. The molecule has 0 bridgehead atoms. The highest BCUT2D eigenvalue weighted by Gasteiger charge is 2.43. The van der Waals surface area contributed by atoms with Crippen LogP contribution in [0.4, 0.5) is 0 Å². The topological polar surface area (TPSA) is 70.0 Å². The summed E-state index contributed by atoms with van der Waals surface area (Å²) in [4.78, 5) is 0. The van der Waals surface area contributed by atoms with Crippen LogP contribution < -0.4 is 5.73 Å². The van der Waals surface area contributed by atoms with E-state index < -0.39 is 0 Å². The minimum atomic E-state index is -0.0249. The van der Waals surface area contributed by atoms with Gasteiger partial charge in [0, 0.05) is 17.9 Å². The van der Waals surface area contributed by atoms with Gasteiger partial charge in [-0.05, 0) is 37.1 Å². The molecular formula is C14H18N2O. The summed E-state index contributed by atoms with van der Waals surface area (Å²) in [6.45, 7) is 0.751. The Morgan fingerprint density at radius 3 is 2.35 bits per heavy atom. The molecule has 1 saturated carbocycles. The number of benzene rings is 1. The third kappa shape index (κ3) is 2.06. The number of nitriles is 1. The molecule has 0 aliphatic heterocycles. The van der Waals surface area contributed by atoms with Crippen molar-refractivity contribution in [1.29, 1.82) is 5.26 Å². The molecule has 0 radical (unpaired) electrons. The van der Waals surface area contributed by atoms with Crippen LogP contribution >= 0.6 is 0 Å². The normalized spacial score (nSPS) is 19.1. The Hall–Kier alpha value is -1.37. The monoisotopic (exact) mass is 230 g/mol. The number of aliphatic hydroxyl groups excluding tert-OH is 1. The Balaban J connectivity index is 2.26. The summed E-state index contributed by atoms with van der Waals surface area (Å²) in [7, 11) is 0. The Morgan fingerprint density at radius 1 is 1.35 bits per heavy atom. The van der Waals surface area contributed by atoms with Gasteiger partial charge in [-0.15, -0.1) is 0 Å². The fourth-order valence-corrected chi connectivity index (χ4v) is 2.78. The maximum atomic E-state index is 9.59. The quantitative estimate of drug-likeness (QED) is 0.828. The predicted molar refractivity (Wildman–Crippen MR) is 66.3 cm³/mol. The number of hydrogen-bond donors (Lipinski definition) is 2. The van der Waals surface area contributed by atoms with E-state index in [0.717, 1.165) is 18.4 Å². The van der Waals surface area contributed by atoms with Gasteiger partial charge in [-0.3, -0.25) is 0 Å². The zero-order valence-corrected chi connectivity index (χ0v) is 9.89. The lowest BCUT2D eigenvalue weighted by molar-refractivity contribution is 0.0192. The van der Waals surface area contributed by atoms with Crippen molar-refractivity contribution in [3.8, 4) is 6.07 Å². The average Bonchev–Trinajstić information content (AvgIpc) is 2.34. The van der Waals surface area contributed by atoms with Gasteiger partial charge >= 0.3 is 0 Å². The molecule has 1 aliphatic carbocycles. The van der Waals surface area contributed by atoms with Crippen LogP contribution in [0.5, 0.6) is 0 Å². The lowest BCUT2D eigenvalue weighted by Gasteiger charge is -2.46. The number of hydrogen-bond acceptors (Lipinski definition) is 3. The van der Waals surface area contributed by atoms with Crippen molar-refractivity contribution in [2.75, 3.05) is 13.2 Å². The summed E-state index contributed by atoms with van der Waals surface area (Å²) in [5.41, 5.74) is 7.65. The van der Waals surface area contributed by atoms with Gasteiger partial charge in [-0.1, -0.05) is 18.6 Å². The molecule has 17 heavy (non-hydrogen) atoms. The first kappa shape index (κ1) is 12.1. The smallest absolute Gasteiger partial charge is 0.0991 e. The van der Waals surface area contributed by atoms with Gasteiger partial charge in [-0.25, -0.2) is 0 Å². The minimum Gasteiger partial charge on any atom is -0.396 e. The van der Waals surface area contributed by atoms with Crippen LogP contribution in [0.15, 0.2) is 24.3 Å². The van der Waals surface area contributed by atoms with Crippen LogP contribution in [0.2, 0.25) is 0 Å². The fraction of sp³-hybridized carbons (Fsp3) is 0.500. The molecule has 2 rings (SSSR count). The van der Waals surface area contributed by atoms with Gasteiger partial charge in [-0.2, -0.15) is 5.26 Å². The van der Waals surface area contributed by atoms with Crippen molar-refractivity contribution in [3.05, 3.63) is 35.4 Å². The number of rotatable bonds is 4. The number of nitrogens with zero attached hydrogens (tertiary/aromatic N) is 1. The van der Waals surface area contributed by atoms with E-state index >= 15 is 0 Å². The van der Waals surface area contributed by atoms with Crippen molar-refractivity contribution >= 4 is 0 Å². The Morgan fingerprint density at radius 2 is 2.00 bits per heavy atom.